The zero-order chi connectivity index (χ0) is 22.4. The number of aromatic nitrogens is 4. The average molecular weight is 435 g/mol. The summed E-state index contributed by atoms with van der Waals surface area (Å²) in [4.78, 5) is 42.4. The molecule has 0 bridgehead atoms. The van der Waals surface area contributed by atoms with Crippen molar-refractivity contribution in [1.82, 2.24) is 29.5 Å². The number of aryl methyl sites for hydroxylation is 1. The predicted octanol–water partition coefficient (Wildman–Crippen LogP) is 1.67. The smallest absolute Gasteiger partial charge is 0.410 e. The van der Waals surface area contributed by atoms with E-state index < -0.39 is 11.7 Å². The predicted molar refractivity (Wildman–Crippen MR) is 112 cm³/mol. The first kappa shape index (κ1) is 21.8. The molecule has 162 valence electrons. The molecule has 3 heterocycles. The quantitative estimate of drug-likeness (QED) is 0.695. The first-order chi connectivity index (χ1) is 13.9. The number of H-pyrrole nitrogens is 1. The molecule has 2 N–H and O–H groups in total. The van der Waals surface area contributed by atoms with Gasteiger partial charge in [-0.1, -0.05) is 0 Å². The van der Waals surface area contributed by atoms with Gasteiger partial charge in [-0.3, -0.25) is 19.2 Å². The Morgan fingerprint density at radius 1 is 1.37 bits per heavy atom. The minimum absolute atomic E-state index is 0.138. The summed E-state index contributed by atoms with van der Waals surface area (Å²) in [6.45, 7) is 7.47. The maximum Gasteiger partial charge on any atom is 0.410 e. The van der Waals surface area contributed by atoms with Crippen LogP contribution in [-0.4, -0.2) is 54.9 Å². The van der Waals surface area contributed by atoms with Crippen LogP contribution in [-0.2, 0) is 24.8 Å². The van der Waals surface area contributed by atoms with Crippen LogP contribution in [0.2, 0.25) is 0 Å². The Kier molecular flexibility index (Phi) is 5.59. The summed E-state index contributed by atoms with van der Waals surface area (Å²) in [5, 5.41) is 6.80. The van der Waals surface area contributed by atoms with Crippen LogP contribution in [0.5, 0.6) is 0 Å². The van der Waals surface area contributed by atoms with Gasteiger partial charge in [0.1, 0.15) is 11.3 Å². The van der Waals surface area contributed by atoms with Crippen molar-refractivity contribution < 1.29 is 14.3 Å². The van der Waals surface area contributed by atoms with Crippen molar-refractivity contribution in [3.05, 3.63) is 38.1 Å². The maximum absolute atomic E-state index is 13.2. The topological polar surface area (TPSA) is 114 Å². The number of fused-ring (bicyclic) bond motifs is 1. The Hall–Kier alpha value is -2.95. The minimum Gasteiger partial charge on any atom is -0.444 e. The van der Waals surface area contributed by atoms with E-state index in [1.807, 2.05) is 6.92 Å². The molecular formula is C19H26N6O4S. The van der Waals surface area contributed by atoms with Crippen molar-refractivity contribution in [2.24, 2.45) is 7.05 Å². The minimum atomic E-state index is -0.616. The molecule has 2 aromatic rings. The van der Waals surface area contributed by atoms with Gasteiger partial charge in [0.2, 0.25) is 0 Å². The summed E-state index contributed by atoms with van der Waals surface area (Å²) in [5.74, 6) is -0.0637. The molecule has 1 aliphatic rings. The Morgan fingerprint density at radius 3 is 2.63 bits per heavy atom. The summed E-state index contributed by atoms with van der Waals surface area (Å²) in [7, 11) is 3.13. The number of carbonyl (C=O) groups excluding carboxylic acids is 2. The second-order valence-electron chi connectivity index (χ2n) is 8.28. The number of amides is 2. The lowest BCUT2D eigenvalue weighted by molar-refractivity contribution is 0.0133. The van der Waals surface area contributed by atoms with Gasteiger partial charge in [-0.2, -0.15) is 5.10 Å². The van der Waals surface area contributed by atoms with Crippen molar-refractivity contribution in [1.29, 1.82) is 0 Å². The fourth-order valence-electron chi connectivity index (χ4n) is 3.37. The average Bonchev–Trinajstić information content (AvgIpc) is 3.01. The second-order valence-corrected chi connectivity index (χ2v) is 8.67. The van der Waals surface area contributed by atoms with E-state index in [-0.39, 0.29) is 34.6 Å². The fraction of sp³-hybridized carbons (Fsp3) is 0.526. The number of carbonyl (C=O) groups is 2. The zero-order valence-corrected chi connectivity index (χ0v) is 18.7. The summed E-state index contributed by atoms with van der Waals surface area (Å²) >= 11 is 5.40. The molecule has 1 aliphatic heterocycles. The van der Waals surface area contributed by atoms with E-state index in [9.17, 15) is 14.4 Å². The third kappa shape index (κ3) is 4.02. The lowest BCUT2D eigenvalue weighted by atomic mass is 10.0. The molecule has 3 rings (SSSR count). The maximum atomic E-state index is 13.2. The molecule has 2 amide bonds. The van der Waals surface area contributed by atoms with Crippen LogP contribution in [0, 0.1) is 4.77 Å². The van der Waals surface area contributed by atoms with Gasteiger partial charge in [-0.15, -0.1) is 0 Å². The van der Waals surface area contributed by atoms with Crippen LogP contribution in [0.1, 0.15) is 49.4 Å². The van der Waals surface area contributed by atoms with Crippen LogP contribution in [0.3, 0.4) is 0 Å². The SMILES string of the molecule is CNC(=O)c1cc(-n2c(=S)[nH]c3c(c2=O)C[C@@H](C)N(C(=O)OC(C)(C)C)C3)nn1C. The van der Waals surface area contributed by atoms with E-state index in [0.29, 0.717) is 23.4 Å². The van der Waals surface area contributed by atoms with Gasteiger partial charge in [0.25, 0.3) is 11.5 Å². The molecule has 0 unspecified atom stereocenters. The van der Waals surface area contributed by atoms with Crippen molar-refractivity contribution in [3.8, 4) is 5.82 Å². The Morgan fingerprint density at radius 2 is 2.03 bits per heavy atom. The lowest BCUT2D eigenvalue weighted by Crippen LogP contribution is -2.47. The molecule has 30 heavy (non-hydrogen) atoms. The highest BCUT2D eigenvalue weighted by Gasteiger charge is 2.33. The number of hydrogen-bond acceptors (Lipinski definition) is 6. The van der Waals surface area contributed by atoms with E-state index in [0.717, 1.165) is 0 Å². The Labute approximate surface area is 178 Å². The number of nitrogens with one attached hydrogen (secondary N) is 2. The molecule has 1 atom stereocenters. The van der Waals surface area contributed by atoms with Crippen molar-refractivity contribution in [2.75, 3.05) is 7.05 Å². The van der Waals surface area contributed by atoms with Crippen molar-refractivity contribution in [3.63, 3.8) is 0 Å². The number of aromatic amines is 1. The molecule has 0 radical (unpaired) electrons. The van der Waals surface area contributed by atoms with Crippen LogP contribution in [0.4, 0.5) is 4.79 Å². The normalized spacial score (nSPS) is 16.2. The van der Waals surface area contributed by atoms with Crippen LogP contribution in [0.25, 0.3) is 5.82 Å². The van der Waals surface area contributed by atoms with Gasteiger partial charge >= 0.3 is 6.09 Å². The lowest BCUT2D eigenvalue weighted by Gasteiger charge is -2.35. The third-order valence-corrected chi connectivity index (χ3v) is 5.11. The van der Waals surface area contributed by atoms with Crippen LogP contribution < -0.4 is 10.9 Å². The molecule has 0 saturated carbocycles. The summed E-state index contributed by atoms with van der Waals surface area (Å²) < 4.78 is 8.28. The van der Waals surface area contributed by atoms with E-state index in [1.54, 1.807) is 32.7 Å². The van der Waals surface area contributed by atoms with Gasteiger partial charge in [0.15, 0.2) is 10.6 Å². The number of ether oxygens (including phenoxy) is 1. The highest BCUT2D eigenvalue weighted by molar-refractivity contribution is 7.71. The molecule has 0 aromatic carbocycles. The molecule has 2 aromatic heterocycles. The molecule has 0 saturated heterocycles. The second kappa shape index (κ2) is 7.71. The van der Waals surface area contributed by atoms with E-state index >= 15 is 0 Å². The van der Waals surface area contributed by atoms with Gasteiger partial charge in [-0.05, 0) is 46.3 Å². The van der Waals surface area contributed by atoms with E-state index in [4.69, 9.17) is 17.0 Å². The fourth-order valence-corrected chi connectivity index (χ4v) is 3.67. The molecular weight excluding hydrogens is 408 g/mol. The van der Waals surface area contributed by atoms with Gasteiger partial charge in [-0.25, -0.2) is 9.36 Å². The monoisotopic (exact) mass is 434 g/mol. The Bertz CT molecular complexity index is 1120. The van der Waals surface area contributed by atoms with Crippen molar-refractivity contribution >= 4 is 24.2 Å². The van der Waals surface area contributed by atoms with Gasteiger partial charge < -0.3 is 15.0 Å². The summed E-state index contributed by atoms with van der Waals surface area (Å²) in [6, 6.07) is 1.28. The number of nitrogens with zero attached hydrogens (tertiary/aromatic N) is 4. The highest BCUT2D eigenvalue weighted by Crippen LogP contribution is 2.22. The Balaban J connectivity index is 2.02. The highest BCUT2D eigenvalue weighted by atomic mass is 32.1. The molecule has 11 heteroatoms. The van der Waals surface area contributed by atoms with Crippen molar-refractivity contribution in [2.45, 2.75) is 52.3 Å². The van der Waals surface area contributed by atoms with Gasteiger partial charge in [0.05, 0.1) is 6.54 Å². The first-order valence-corrected chi connectivity index (χ1v) is 9.97. The number of hydrogen-bond donors (Lipinski definition) is 2. The molecule has 0 aliphatic carbocycles. The summed E-state index contributed by atoms with van der Waals surface area (Å²) in [6.07, 6.45) is -0.0987. The van der Waals surface area contributed by atoms with E-state index in [1.165, 1.54) is 22.4 Å². The van der Waals surface area contributed by atoms with E-state index in [2.05, 4.69) is 15.4 Å². The molecule has 0 spiro atoms. The zero-order valence-electron chi connectivity index (χ0n) is 17.9. The third-order valence-electron chi connectivity index (χ3n) is 4.83. The first-order valence-electron chi connectivity index (χ1n) is 9.56. The summed E-state index contributed by atoms with van der Waals surface area (Å²) in [5.41, 5.74) is 0.479. The number of rotatable bonds is 2. The largest absolute Gasteiger partial charge is 0.444 e. The van der Waals surface area contributed by atoms with Crippen LogP contribution in [0.15, 0.2) is 10.9 Å². The molecule has 10 nitrogen and oxygen atoms in total. The standard InChI is InChI=1S/C19H26N6O4S/c1-10-7-11-12(9-24(10)18(28)29-19(2,3)4)21-17(30)25(16(11)27)14-8-13(15(26)20-5)23(6)22-14/h8,10H,7,9H2,1-6H3,(H,20,26)(H,21,30)/t10-/m1/s1. The van der Waals surface area contributed by atoms with Crippen LogP contribution >= 0.6 is 12.2 Å². The van der Waals surface area contributed by atoms with Gasteiger partial charge in [0, 0.05) is 37.5 Å². The molecule has 0 fully saturated rings.